The van der Waals surface area contributed by atoms with E-state index in [9.17, 15) is 9.59 Å². The Kier molecular flexibility index (Phi) is 7.73. The van der Waals surface area contributed by atoms with Crippen molar-refractivity contribution < 1.29 is 19.1 Å². The van der Waals surface area contributed by atoms with Crippen LogP contribution in [0, 0.1) is 0 Å². The molecule has 0 aromatic heterocycles. The van der Waals surface area contributed by atoms with Gasteiger partial charge in [0.25, 0.3) is 11.8 Å². The van der Waals surface area contributed by atoms with Crippen molar-refractivity contribution in [3.05, 3.63) is 58.1 Å². The summed E-state index contributed by atoms with van der Waals surface area (Å²) in [5.41, 5.74) is 2.04. The molecule has 1 aliphatic heterocycles. The lowest BCUT2D eigenvalue weighted by atomic mass is 9.87. The van der Waals surface area contributed by atoms with Crippen molar-refractivity contribution in [3.63, 3.8) is 0 Å². The molecule has 2 amide bonds. The van der Waals surface area contributed by atoms with Crippen LogP contribution in [0.3, 0.4) is 0 Å². The van der Waals surface area contributed by atoms with Gasteiger partial charge in [0.05, 0.1) is 21.8 Å². The summed E-state index contributed by atoms with van der Waals surface area (Å²) >= 11 is 3.51. The van der Waals surface area contributed by atoms with Crippen LogP contribution in [0.1, 0.15) is 49.5 Å². The van der Waals surface area contributed by atoms with Gasteiger partial charge in [0.1, 0.15) is 5.75 Å². The van der Waals surface area contributed by atoms with Crippen LogP contribution >= 0.6 is 15.9 Å². The number of halogens is 1. The van der Waals surface area contributed by atoms with Gasteiger partial charge < -0.3 is 20.1 Å². The molecular formula is C24H29BrN2O4. The van der Waals surface area contributed by atoms with E-state index in [0.29, 0.717) is 23.5 Å². The number of carbonyl (C=O) groups is 2. The Labute approximate surface area is 191 Å². The van der Waals surface area contributed by atoms with E-state index in [0.717, 1.165) is 23.9 Å². The van der Waals surface area contributed by atoms with E-state index in [1.807, 2.05) is 18.2 Å². The van der Waals surface area contributed by atoms with Crippen LogP contribution in [0.15, 0.2) is 46.9 Å². The average molecular weight is 489 g/mol. The number of hydrogen-bond donors (Lipinski definition) is 2. The van der Waals surface area contributed by atoms with Crippen molar-refractivity contribution in [1.29, 1.82) is 0 Å². The zero-order valence-electron chi connectivity index (χ0n) is 18.2. The quantitative estimate of drug-likeness (QED) is 0.593. The molecule has 166 valence electrons. The Bertz CT molecular complexity index is 933. The molecule has 3 rings (SSSR count). The summed E-state index contributed by atoms with van der Waals surface area (Å²) in [7, 11) is 0. The summed E-state index contributed by atoms with van der Waals surface area (Å²) in [4.78, 5) is 25.0. The van der Waals surface area contributed by atoms with Crippen molar-refractivity contribution in [1.82, 2.24) is 5.32 Å². The number of para-hydroxylation sites is 1. The van der Waals surface area contributed by atoms with Crippen molar-refractivity contribution in [2.75, 3.05) is 25.1 Å². The van der Waals surface area contributed by atoms with Crippen LogP contribution in [0.4, 0.5) is 5.69 Å². The Hall–Kier alpha value is -2.38. The van der Waals surface area contributed by atoms with Crippen LogP contribution in [-0.4, -0.2) is 37.7 Å². The van der Waals surface area contributed by atoms with Gasteiger partial charge in [-0.25, -0.2) is 0 Å². The number of rotatable bonds is 7. The van der Waals surface area contributed by atoms with Gasteiger partial charge in [0, 0.05) is 13.2 Å². The highest BCUT2D eigenvalue weighted by molar-refractivity contribution is 9.10. The van der Waals surface area contributed by atoms with E-state index in [4.69, 9.17) is 9.47 Å². The van der Waals surface area contributed by atoms with Crippen molar-refractivity contribution in [2.24, 2.45) is 0 Å². The minimum absolute atomic E-state index is 0.0204. The molecule has 7 heteroatoms. The molecule has 2 aromatic rings. The topological polar surface area (TPSA) is 76.7 Å². The van der Waals surface area contributed by atoms with E-state index in [-0.39, 0.29) is 29.9 Å². The largest absolute Gasteiger partial charge is 0.483 e. The standard InChI is InChI=1S/C24H29BrN2O4/c1-24(2,3)16-10-11-21(19(25)13-16)31-15-22(28)27-20-9-5-4-8-18(20)23(29)26-14-17-7-6-12-30-17/h4-5,8-11,13,17H,6-7,12,14-15H2,1-3H3,(H,26,29)(H,27,28)/t17-/m1/s1. The smallest absolute Gasteiger partial charge is 0.262 e. The summed E-state index contributed by atoms with van der Waals surface area (Å²) < 4.78 is 12.0. The fraction of sp³-hybridized carbons (Fsp3) is 0.417. The second kappa shape index (κ2) is 10.3. The summed E-state index contributed by atoms with van der Waals surface area (Å²) in [6, 6.07) is 12.8. The van der Waals surface area contributed by atoms with Crippen LogP contribution < -0.4 is 15.4 Å². The van der Waals surface area contributed by atoms with Gasteiger partial charge >= 0.3 is 0 Å². The molecule has 2 aromatic carbocycles. The molecule has 1 fully saturated rings. The lowest BCUT2D eigenvalue weighted by Crippen LogP contribution is -2.32. The molecule has 6 nitrogen and oxygen atoms in total. The van der Waals surface area contributed by atoms with Crippen LogP contribution in [0.2, 0.25) is 0 Å². The van der Waals surface area contributed by atoms with Gasteiger partial charge in [0.15, 0.2) is 6.61 Å². The number of ether oxygens (including phenoxy) is 2. The molecule has 0 saturated carbocycles. The first-order valence-corrected chi connectivity index (χ1v) is 11.2. The molecule has 1 saturated heterocycles. The van der Waals surface area contributed by atoms with E-state index in [1.165, 1.54) is 5.56 Å². The highest BCUT2D eigenvalue weighted by Gasteiger charge is 2.19. The normalized spacial score (nSPS) is 16.1. The van der Waals surface area contributed by atoms with Gasteiger partial charge in [-0.05, 0) is 64.0 Å². The molecule has 0 aliphatic carbocycles. The van der Waals surface area contributed by atoms with Crippen molar-refractivity contribution in [2.45, 2.75) is 45.1 Å². The number of anilines is 1. The third-order valence-electron chi connectivity index (χ3n) is 5.12. The second-order valence-corrected chi connectivity index (χ2v) is 9.48. The SMILES string of the molecule is CC(C)(C)c1ccc(OCC(=O)Nc2ccccc2C(=O)NC[C@H]2CCCO2)c(Br)c1. The minimum Gasteiger partial charge on any atom is -0.483 e. The average Bonchev–Trinajstić information content (AvgIpc) is 3.24. The second-order valence-electron chi connectivity index (χ2n) is 8.62. The van der Waals surface area contributed by atoms with Gasteiger partial charge in [-0.1, -0.05) is 39.0 Å². The Morgan fingerprint density at radius 3 is 2.65 bits per heavy atom. The zero-order valence-corrected chi connectivity index (χ0v) is 19.8. The number of carbonyl (C=O) groups excluding carboxylic acids is 2. The molecule has 2 N–H and O–H groups in total. The molecule has 31 heavy (non-hydrogen) atoms. The maximum atomic E-state index is 12.6. The number of amides is 2. The van der Waals surface area contributed by atoms with Crippen LogP contribution in [-0.2, 0) is 14.9 Å². The van der Waals surface area contributed by atoms with Crippen LogP contribution in [0.25, 0.3) is 0 Å². The monoisotopic (exact) mass is 488 g/mol. The van der Waals surface area contributed by atoms with Crippen molar-refractivity contribution >= 4 is 33.4 Å². The molecular weight excluding hydrogens is 460 g/mol. The van der Waals surface area contributed by atoms with E-state index in [1.54, 1.807) is 24.3 Å². The third-order valence-corrected chi connectivity index (χ3v) is 5.74. The molecule has 0 radical (unpaired) electrons. The third kappa shape index (κ3) is 6.55. The maximum absolute atomic E-state index is 12.6. The summed E-state index contributed by atoms with van der Waals surface area (Å²) in [6.45, 7) is 7.44. The van der Waals surface area contributed by atoms with E-state index in [2.05, 4.69) is 47.3 Å². The van der Waals surface area contributed by atoms with Crippen LogP contribution in [0.5, 0.6) is 5.75 Å². The van der Waals surface area contributed by atoms with Gasteiger partial charge in [-0.2, -0.15) is 0 Å². The fourth-order valence-electron chi connectivity index (χ4n) is 3.31. The first kappa shape index (κ1) is 23.3. The summed E-state index contributed by atoms with van der Waals surface area (Å²) in [5, 5.41) is 5.66. The predicted octanol–water partition coefficient (Wildman–Crippen LogP) is 4.67. The summed E-state index contributed by atoms with van der Waals surface area (Å²) in [6.07, 6.45) is 2.02. The number of nitrogens with one attached hydrogen (secondary N) is 2. The number of benzene rings is 2. The minimum atomic E-state index is -0.342. The zero-order chi connectivity index (χ0) is 22.4. The molecule has 1 atom stereocenters. The number of hydrogen-bond acceptors (Lipinski definition) is 4. The first-order chi connectivity index (χ1) is 14.7. The Morgan fingerprint density at radius 2 is 1.97 bits per heavy atom. The van der Waals surface area contributed by atoms with Gasteiger partial charge in [-0.15, -0.1) is 0 Å². The highest BCUT2D eigenvalue weighted by Crippen LogP contribution is 2.31. The Morgan fingerprint density at radius 1 is 1.19 bits per heavy atom. The first-order valence-electron chi connectivity index (χ1n) is 10.5. The van der Waals surface area contributed by atoms with Crippen molar-refractivity contribution in [3.8, 4) is 5.75 Å². The Balaban J connectivity index is 1.57. The molecule has 1 heterocycles. The lowest BCUT2D eigenvalue weighted by molar-refractivity contribution is -0.118. The maximum Gasteiger partial charge on any atom is 0.262 e. The van der Waals surface area contributed by atoms with Gasteiger partial charge in [0.2, 0.25) is 0 Å². The summed E-state index contributed by atoms with van der Waals surface area (Å²) in [5.74, 6) is 0.00440. The fourth-order valence-corrected chi connectivity index (χ4v) is 3.80. The molecule has 1 aliphatic rings. The highest BCUT2D eigenvalue weighted by atomic mass is 79.9. The lowest BCUT2D eigenvalue weighted by Gasteiger charge is -2.20. The van der Waals surface area contributed by atoms with E-state index < -0.39 is 0 Å². The van der Waals surface area contributed by atoms with E-state index >= 15 is 0 Å². The molecule has 0 unspecified atom stereocenters. The van der Waals surface area contributed by atoms with Gasteiger partial charge in [-0.3, -0.25) is 9.59 Å². The molecule has 0 spiro atoms. The predicted molar refractivity (Wildman–Crippen MR) is 125 cm³/mol. The molecule has 0 bridgehead atoms.